The van der Waals surface area contributed by atoms with E-state index in [2.05, 4.69) is 47.6 Å². The molecule has 0 aliphatic heterocycles. The standard InChI is InChI=1S/C28H46O/c1-18(2)8-7-9-19(3)23-10-11-24-26-20(4)16-21-17-22(29)12-14-27(21,5)25(26)13-15-28(23,24)6/h16,18-19,21-24,29H,7-15,17H2,1-6H3/t19-,21+,22+,23-,24+,27+,28-/m1/s1. The Morgan fingerprint density at radius 2 is 1.83 bits per heavy atom. The lowest BCUT2D eigenvalue weighted by Crippen LogP contribution is -2.44. The fourth-order valence-corrected chi connectivity index (χ4v) is 8.27. The predicted octanol–water partition coefficient (Wildman–Crippen LogP) is 7.70. The molecule has 0 radical (unpaired) electrons. The minimum absolute atomic E-state index is 0.0873. The summed E-state index contributed by atoms with van der Waals surface area (Å²) in [6, 6.07) is 0. The second kappa shape index (κ2) is 7.85. The maximum absolute atomic E-state index is 10.3. The van der Waals surface area contributed by atoms with Crippen LogP contribution in [-0.2, 0) is 0 Å². The van der Waals surface area contributed by atoms with Crippen LogP contribution in [0, 0.1) is 40.4 Å². The van der Waals surface area contributed by atoms with Gasteiger partial charge in [0.15, 0.2) is 0 Å². The number of allylic oxidation sites excluding steroid dienone is 4. The monoisotopic (exact) mass is 398 g/mol. The van der Waals surface area contributed by atoms with E-state index in [1.54, 1.807) is 11.1 Å². The van der Waals surface area contributed by atoms with Gasteiger partial charge in [0.1, 0.15) is 0 Å². The summed E-state index contributed by atoms with van der Waals surface area (Å²) in [6.07, 6.45) is 15.4. The highest BCUT2D eigenvalue weighted by atomic mass is 16.3. The topological polar surface area (TPSA) is 20.2 Å². The fourth-order valence-electron chi connectivity index (χ4n) is 8.27. The molecule has 1 N–H and O–H groups in total. The van der Waals surface area contributed by atoms with Gasteiger partial charge in [-0.05, 0) is 97.9 Å². The van der Waals surface area contributed by atoms with Crippen LogP contribution in [0.5, 0.6) is 0 Å². The molecule has 0 heterocycles. The van der Waals surface area contributed by atoms with Gasteiger partial charge in [-0.15, -0.1) is 0 Å². The number of aliphatic hydroxyl groups excluding tert-OH is 1. The lowest BCUT2D eigenvalue weighted by atomic mass is 9.51. The van der Waals surface area contributed by atoms with Crippen LogP contribution in [0.25, 0.3) is 0 Å². The quantitative estimate of drug-likeness (QED) is 0.503. The Kier molecular flexibility index (Phi) is 5.86. The van der Waals surface area contributed by atoms with Crippen LogP contribution >= 0.6 is 0 Å². The highest BCUT2D eigenvalue weighted by molar-refractivity contribution is 5.47. The van der Waals surface area contributed by atoms with E-state index in [4.69, 9.17) is 0 Å². The average Bonchev–Trinajstić information content (AvgIpc) is 3.00. The third-order valence-corrected chi connectivity index (χ3v) is 10.0. The van der Waals surface area contributed by atoms with E-state index in [9.17, 15) is 5.11 Å². The maximum Gasteiger partial charge on any atom is 0.0546 e. The van der Waals surface area contributed by atoms with Gasteiger partial charge in [-0.25, -0.2) is 0 Å². The summed E-state index contributed by atoms with van der Waals surface area (Å²) in [5.41, 5.74) is 5.98. The second-order valence-electron chi connectivity index (χ2n) is 12.2. The molecule has 29 heavy (non-hydrogen) atoms. The van der Waals surface area contributed by atoms with E-state index in [0.29, 0.717) is 16.7 Å². The molecule has 0 spiro atoms. The second-order valence-corrected chi connectivity index (χ2v) is 12.2. The Morgan fingerprint density at radius 3 is 2.55 bits per heavy atom. The molecule has 1 nitrogen and oxygen atoms in total. The van der Waals surface area contributed by atoms with Crippen LogP contribution < -0.4 is 0 Å². The van der Waals surface area contributed by atoms with Crippen LogP contribution in [0.3, 0.4) is 0 Å². The molecule has 0 aromatic rings. The van der Waals surface area contributed by atoms with Crippen molar-refractivity contribution in [2.24, 2.45) is 40.4 Å². The van der Waals surface area contributed by atoms with Crippen molar-refractivity contribution in [1.82, 2.24) is 0 Å². The summed E-state index contributed by atoms with van der Waals surface area (Å²) < 4.78 is 0. The van der Waals surface area contributed by atoms with Crippen LogP contribution in [0.15, 0.2) is 22.8 Å². The molecule has 2 fully saturated rings. The van der Waals surface area contributed by atoms with Crippen molar-refractivity contribution in [2.75, 3.05) is 0 Å². The molecule has 0 unspecified atom stereocenters. The van der Waals surface area contributed by atoms with E-state index < -0.39 is 0 Å². The number of hydrogen-bond donors (Lipinski definition) is 1. The summed E-state index contributed by atoms with van der Waals surface area (Å²) >= 11 is 0. The molecule has 164 valence electrons. The molecule has 4 rings (SSSR count). The molecular weight excluding hydrogens is 352 g/mol. The van der Waals surface area contributed by atoms with Crippen molar-refractivity contribution in [2.45, 2.75) is 112 Å². The molecule has 0 bridgehead atoms. The third-order valence-electron chi connectivity index (χ3n) is 10.0. The lowest BCUT2D eigenvalue weighted by molar-refractivity contribution is 0.0417. The molecular formula is C28H46O. The zero-order valence-corrected chi connectivity index (χ0v) is 20.1. The first-order valence-corrected chi connectivity index (χ1v) is 12.8. The SMILES string of the molecule is CC1=C[C@H]2C[C@@H](O)CC[C@]2(C)C2=C1[C@@H]1CC[C@H]([C@H](C)CCCC(C)C)[C@@]1(C)CC2. The minimum atomic E-state index is -0.0873. The van der Waals surface area contributed by atoms with Crippen molar-refractivity contribution < 1.29 is 5.11 Å². The van der Waals surface area contributed by atoms with Gasteiger partial charge in [-0.3, -0.25) is 0 Å². The molecule has 1 heteroatoms. The molecule has 7 atom stereocenters. The molecule has 0 aromatic heterocycles. The van der Waals surface area contributed by atoms with Crippen molar-refractivity contribution in [3.05, 3.63) is 22.8 Å². The summed E-state index contributed by atoms with van der Waals surface area (Å²) in [5, 5.41) is 10.3. The number of rotatable bonds is 5. The third kappa shape index (κ3) is 3.58. The maximum atomic E-state index is 10.3. The van der Waals surface area contributed by atoms with Crippen LogP contribution in [-0.4, -0.2) is 11.2 Å². The van der Waals surface area contributed by atoms with Gasteiger partial charge in [0.05, 0.1) is 6.10 Å². The number of aliphatic hydroxyl groups is 1. The van der Waals surface area contributed by atoms with Crippen molar-refractivity contribution >= 4 is 0 Å². The molecule has 4 aliphatic rings. The average molecular weight is 399 g/mol. The summed E-state index contributed by atoms with van der Waals surface area (Å²) in [5.74, 6) is 3.95. The first-order valence-electron chi connectivity index (χ1n) is 12.8. The zero-order valence-electron chi connectivity index (χ0n) is 20.1. The number of fused-ring (bicyclic) bond motifs is 4. The molecule has 2 saturated carbocycles. The van der Waals surface area contributed by atoms with Crippen LogP contribution in [0.1, 0.15) is 106 Å². The molecule has 0 saturated heterocycles. The van der Waals surface area contributed by atoms with Crippen LogP contribution in [0.2, 0.25) is 0 Å². The molecule has 4 aliphatic carbocycles. The van der Waals surface area contributed by atoms with Crippen LogP contribution in [0.4, 0.5) is 0 Å². The van der Waals surface area contributed by atoms with Crippen molar-refractivity contribution in [1.29, 1.82) is 0 Å². The van der Waals surface area contributed by atoms with E-state index in [-0.39, 0.29) is 6.10 Å². The van der Waals surface area contributed by atoms with E-state index in [1.165, 1.54) is 51.4 Å². The van der Waals surface area contributed by atoms with E-state index in [0.717, 1.165) is 36.5 Å². The summed E-state index contributed by atoms with van der Waals surface area (Å²) in [6.45, 7) is 14.9. The summed E-state index contributed by atoms with van der Waals surface area (Å²) in [7, 11) is 0. The Morgan fingerprint density at radius 1 is 1.07 bits per heavy atom. The first kappa shape index (κ1) is 21.7. The normalized spacial score (nSPS) is 43.0. The molecule has 0 aromatic carbocycles. The van der Waals surface area contributed by atoms with Crippen molar-refractivity contribution in [3.8, 4) is 0 Å². The van der Waals surface area contributed by atoms with Gasteiger partial charge < -0.3 is 5.11 Å². The van der Waals surface area contributed by atoms with Gasteiger partial charge in [0.2, 0.25) is 0 Å². The first-order chi connectivity index (χ1) is 13.7. The Hall–Kier alpha value is -0.560. The van der Waals surface area contributed by atoms with Gasteiger partial charge in [0.25, 0.3) is 0 Å². The Balaban J connectivity index is 1.58. The highest BCUT2D eigenvalue weighted by Gasteiger charge is 2.55. The van der Waals surface area contributed by atoms with E-state index in [1.807, 2.05) is 5.57 Å². The Bertz CT molecular complexity index is 684. The van der Waals surface area contributed by atoms with E-state index >= 15 is 0 Å². The van der Waals surface area contributed by atoms with Gasteiger partial charge in [0, 0.05) is 0 Å². The van der Waals surface area contributed by atoms with Gasteiger partial charge in [-0.2, -0.15) is 0 Å². The summed E-state index contributed by atoms with van der Waals surface area (Å²) in [4.78, 5) is 0. The molecule has 0 amide bonds. The fraction of sp³-hybridized carbons (Fsp3) is 0.857. The number of hydrogen-bond acceptors (Lipinski definition) is 1. The lowest BCUT2D eigenvalue weighted by Gasteiger charge is -2.54. The highest BCUT2D eigenvalue weighted by Crippen LogP contribution is 2.65. The minimum Gasteiger partial charge on any atom is -0.393 e. The largest absolute Gasteiger partial charge is 0.393 e. The van der Waals surface area contributed by atoms with Gasteiger partial charge in [-0.1, -0.05) is 71.1 Å². The predicted molar refractivity (Wildman–Crippen MR) is 124 cm³/mol. The smallest absolute Gasteiger partial charge is 0.0546 e. The van der Waals surface area contributed by atoms with Crippen molar-refractivity contribution in [3.63, 3.8) is 0 Å². The Labute approximate surface area is 180 Å². The van der Waals surface area contributed by atoms with Gasteiger partial charge >= 0.3 is 0 Å². The zero-order chi connectivity index (χ0) is 21.0.